The van der Waals surface area contributed by atoms with Crippen LogP contribution in [0.4, 0.5) is 5.69 Å². The largest absolute Gasteiger partial charge is 0.382 e. The predicted octanol–water partition coefficient (Wildman–Crippen LogP) is 5.70. The van der Waals surface area contributed by atoms with Crippen LogP contribution in [0.25, 0.3) is 10.9 Å². The summed E-state index contributed by atoms with van der Waals surface area (Å²) in [7, 11) is 0. The summed E-state index contributed by atoms with van der Waals surface area (Å²) in [6.45, 7) is 6.67. The third-order valence-electron chi connectivity index (χ3n) is 4.11. The molecule has 2 heteroatoms. The van der Waals surface area contributed by atoms with Crippen LogP contribution in [-0.2, 0) is 0 Å². The van der Waals surface area contributed by atoms with Gasteiger partial charge in [0.1, 0.15) is 0 Å². The number of anilines is 1. The zero-order chi connectivity index (χ0) is 15.1. The monoisotopic (exact) mass is 284 g/mol. The van der Waals surface area contributed by atoms with Crippen molar-refractivity contribution in [3.63, 3.8) is 0 Å². The summed E-state index contributed by atoms with van der Waals surface area (Å²) in [4.78, 5) is 4.50. The molecule has 0 aliphatic carbocycles. The molecule has 1 aromatic heterocycles. The Morgan fingerprint density at radius 3 is 2.71 bits per heavy atom. The Labute approximate surface area is 129 Å². The van der Waals surface area contributed by atoms with Gasteiger partial charge in [-0.1, -0.05) is 45.1 Å². The highest BCUT2D eigenvalue weighted by atomic mass is 14.9. The molecule has 1 aromatic carbocycles. The molecule has 0 saturated heterocycles. The second-order valence-electron chi connectivity index (χ2n) is 6.08. The van der Waals surface area contributed by atoms with E-state index in [0.717, 1.165) is 5.52 Å². The molecule has 1 N–H and O–H groups in total. The van der Waals surface area contributed by atoms with Gasteiger partial charge in [-0.15, -0.1) is 0 Å². The Morgan fingerprint density at radius 1 is 1.10 bits per heavy atom. The summed E-state index contributed by atoms with van der Waals surface area (Å²) in [5.41, 5.74) is 3.56. The number of hydrogen-bond acceptors (Lipinski definition) is 2. The lowest BCUT2D eigenvalue weighted by molar-refractivity contribution is 0.579. The third-order valence-corrected chi connectivity index (χ3v) is 4.11. The number of aromatic nitrogens is 1. The van der Waals surface area contributed by atoms with Crippen molar-refractivity contribution in [2.24, 2.45) is 0 Å². The molecule has 0 saturated carbocycles. The van der Waals surface area contributed by atoms with E-state index in [-0.39, 0.29) is 0 Å². The van der Waals surface area contributed by atoms with Crippen LogP contribution in [0, 0.1) is 6.92 Å². The molecule has 0 amide bonds. The number of nitrogens with zero attached hydrogens (tertiary/aromatic N) is 1. The van der Waals surface area contributed by atoms with Crippen LogP contribution in [-0.4, -0.2) is 11.0 Å². The first-order valence-corrected chi connectivity index (χ1v) is 8.33. The van der Waals surface area contributed by atoms with Gasteiger partial charge in [-0.3, -0.25) is 4.98 Å². The van der Waals surface area contributed by atoms with E-state index in [4.69, 9.17) is 0 Å². The normalized spacial score (nSPS) is 12.5. The van der Waals surface area contributed by atoms with E-state index in [1.165, 1.54) is 55.2 Å². The molecule has 0 bridgehead atoms. The smallest absolute Gasteiger partial charge is 0.0751 e. The molecule has 2 aromatic rings. The van der Waals surface area contributed by atoms with Gasteiger partial charge in [0, 0.05) is 23.3 Å². The van der Waals surface area contributed by atoms with Crippen LogP contribution in [0.1, 0.15) is 57.9 Å². The molecular formula is C19H28N2. The van der Waals surface area contributed by atoms with E-state index in [2.05, 4.69) is 49.3 Å². The molecular weight excluding hydrogens is 256 g/mol. The first-order valence-electron chi connectivity index (χ1n) is 8.33. The molecule has 0 aliphatic heterocycles. The number of hydrogen-bond donors (Lipinski definition) is 1. The molecule has 2 nitrogen and oxygen atoms in total. The van der Waals surface area contributed by atoms with E-state index in [0.29, 0.717) is 6.04 Å². The molecule has 1 atom stereocenters. The summed E-state index contributed by atoms with van der Waals surface area (Å²) < 4.78 is 0. The second-order valence-corrected chi connectivity index (χ2v) is 6.08. The van der Waals surface area contributed by atoms with Crippen molar-refractivity contribution in [1.29, 1.82) is 0 Å². The minimum atomic E-state index is 0.512. The maximum absolute atomic E-state index is 4.50. The van der Waals surface area contributed by atoms with Crippen molar-refractivity contribution in [3.05, 3.63) is 36.0 Å². The highest BCUT2D eigenvalue weighted by Crippen LogP contribution is 2.25. The lowest BCUT2D eigenvalue weighted by atomic mass is 10.1. The van der Waals surface area contributed by atoms with Gasteiger partial charge >= 0.3 is 0 Å². The van der Waals surface area contributed by atoms with Crippen molar-refractivity contribution in [1.82, 2.24) is 4.98 Å². The predicted molar refractivity (Wildman–Crippen MR) is 92.9 cm³/mol. The van der Waals surface area contributed by atoms with E-state index in [9.17, 15) is 0 Å². The number of unbranched alkanes of at least 4 members (excludes halogenated alkanes) is 4. The first kappa shape index (κ1) is 15.8. The van der Waals surface area contributed by atoms with Gasteiger partial charge in [0.25, 0.3) is 0 Å². The Balaban J connectivity index is 1.95. The SMILES string of the molecule is CCCCCCCC(C)Nc1ccc(C)c2ncccc12. The maximum Gasteiger partial charge on any atom is 0.0751 e. The Morgan fingerprint density at radius 2 is 1.90 bits per heavy atom. The van der Waals surface area contributed by atoms with Crippen molar-refractivity contribution in [2.75, 3.05) is 5.32 Å². The van der Waals surface area contributed by atoms with Gasteiger partial charge < -0.3 is 5.32 Å². The topological polar surface area (TPSA) is 24.9 Å². The zero-order valence-corrected chi connectivity index (χ0v) is 13.7. The fourth-order valence-electron chi connectivity index (χ4n) is 2.83. The molecule has 0 spiro atoms. The minimum Gasteiger partial charge on any atom is -0.382 e. The van der Waals surface area contributed by atoms with Crippen molar-refractivity contribution in [3.8, 4) is 0 Å². The quantitative estimate of drug-likeness (QED) is 0.628. The molecule has 0 radical (unpaired) electrons. The summed E-state index contributed by atoms with van der Waals surface area (Å²) >= 11 is 0. The number of rotatable bonds is 8. The number of fused-ring (bicyclic) bond motifs is 1. The average molecular weight is 284 g/mol. The highest BCUT2D eigenvalue weighted by molar-refractivity contribution is 5.93. The van der Waals surface area contributed by atoms with Crippen LogP contribution in [0.5, 0.6) is 0 Å². The van der Waals surface area contributed by atoms with Gasteiger partial charge in [-0.05, 0) is 44.0 Å². The van der Waals surface area contributed by atoms with Crippen molar-refractivity contribution in [2.45, 2.75) is 65.3 Å². The Hall–Kier alpha value is -1.57. The van der Waals surface area contributed by atoms with E-state index < -0.39 is 0 Å². The maximum atomic E-state index is 4.50. The fraction of sp³-hybridized carbons (Fsp3) is 0.526. The van der Waals surface area contributed by atoms with Gasteiger partial charge in [0.15, 0.2) is 0 Å². The number of benzene rings is 1. The second kappa shape index (κ2) is 8.02. The highest BCUT2D eigenvalue weighted by Gasteiger charge is 2.07. The summed E-state index contributed by atoms with van der Waals surface area (Å²) in [6.07, 6.45) is 9.84. The van der Waals surface area contributed by atoms with Crippen LogP contribution in [0.3, 0.4) is 0 Å². The lowest BCUT2D eigenvalue weighted by Gasteiger charge is -2.17. The van der Waals surface area contributed by atoms with Crippen LogP contribution in [0.15, 0.2) is 30.5 Å². The number of nitrogens with one attached hydrogen (secondary N) is 1. The molecule has 1 unspecified atom stereocenters. The van der Waals surface area contributed by atoms with E-state index in [1.807, 2.05) is 12.3 Å². The van der Waals surface area contributed by atoms with Crippen LogP contribution in [0.2, 0.25) is 0 Å². The first-order chi connectivity index (χ1) is 10.2. The van der Waals surface area contributed by atoms with Gasteiger partial charge in [-0.25, -0.2) is 0 Å². The van der Waals surface area contributed by atoms with Crippen LogP contribution >= 0.6 is 0 Å². The average Bonchev–Trinajstić information content (AvgIpc) is 2.50. The standard InChI is InChI=1S/C19H28N2/c1-4-5-6-7-8-10-16(3)21-18-13-12-15(2)19-17(18)11-9-14-20-19/h9,11-14,16,21H,4-8,10H2,1-3H3. The molecule has 0 aliphatic rings. The van der Waals surface area contributed by atoms with E-state index in [1.54, 1.807) is 0 Å². The minimum absolute atomic E-state index is 0.512. The number of aryl methyl sites for hydroxylation is 1. The van der Waals surface area contributed by atoms with Crippen molar-refractivity contribution < 1.29 is 0 Å². The summed E-state index contributed by atoms with van der Waals surface area (Å²) in [5.74, 6) is 0. The molecule has 21 heavy (non-hydrogen) atoms. The molecule has 0 fully saturated rings. The van der Waals surface area contributed by atoms with Crippen LogP contribution < -0.4 is 5.32 Å². The summed E-state index contributed by atoms with van der Waals surface area (Å²) in [5, 5.41) is 4.89. The number of pyridine rings is 1. The third kappa shape index (κ3) is 4.45. The fourth-order valence-corrected chi connectivity index (χ4v) is 2.83. The van der Waals surface area contributed by atoms with E-state index >= 15 is 0 Å². The molecule has 1 heterocycles. The Kier molecular flexibility index (Phi) is 6.04. The van der Waals surface area contributed by atoms with Gasteiger partial charge in [0.05, 0.1) is 5.52 Å². The van der Waals surface area contributed by atoms with Gasteiger partial charge in [-0.2, -0.15) is 0 Å². The molecule has 114 valence electrons. The zero-order valence-electron chi connectivity index (χ0n) is 13.7. The Bertz CT molecular complexity index is 562. The lowest BCUT2D eigenvalue weighted by Crippen LogP contribution is -2.15. The van der Waals surface area contributed by atoms with Crippen molar-refractivity contribution >= 4 is 16.6 Å². The van der Waals surface area contributed by atoms with Gasteiger partial charge in [0.2, 0.25) is 0 Å². The summed E-state index contributed by atoms with van der Waals surface area (Å²) in [6, 6.07) is 9.03. The molecule has 2 rings (SSSR count).